The first-order valence-electron chi connectivity index (χ1n) is 5.74. The second kappa shape index (κ2) is 4.96. The fourth-order valence-electron chi connectivity index (χ4n) is 2.26. The molecule has 0 bridgehead atoms. The zero-order valence-electron chi connectivity index (χ0n) is 10.4. The number of aliphatic hydroxyl groups is 1. The predicted octanol–water partition coefficient (Wildman–Crippen LogP) is -0.905. The number of β-amino-alcohol motifs (C(OH)–C–C–N with tert-alkyl or cyclic N) is 1. The van der Waals surface area contributed by atoms with Gasteiger partial charge in [0, 0.05) is 25.3 Å². The molecule has 1 aromatic rings. The second-order valence-electron chi connectivity index (χ2n) is 4.81. The van der Waals surface area contributed by atoms with E-state index in [1.54, 1.807) is 0 Å². The molecule has 2 N–H and O–H groups in total. The minimum absolute atomic E-state index is 0.139. The maximum atomic E-state index is 12.4. The van der Waals surface area contributed by atoms with Gasteiger partial charge in [0.1, 0.15) is 4.90 Å². The summed E-state index contributed by atoms with van der Waals surface area (Å²) in [4.78, 5) is 2.06. The lowest BCUT2D eigenvalue weighted by Gasteiger charge is -2.25. The molecule has 0 aromatic carbocycles. The molecule has 0 saturated carbocycles. The topological polar surface area (TPSA) is 89.5 Å². The van der Waals surface area contributed by atoms with Crippen molar-refractivity contribution in [2.45, 2.75) is 23.5 Å². The number of hydrogen-bond donors (Lipinski definition) is 2. The van der Waals surface area contributed by atoms with E-state index in [9.17, 15) is 13.5 Å². The van der Waals surface area contributed by atoms with E-state index >= 15 is 0 Å². The molecule has 1 aliphatic rings. The van der Waals surface area contributed by atoms with Crippen molar-refractivity contribution in [1.82, 2.24) is 19.4 Å². The number of sulfonamides is 1. The minimum atomic E-state index is -3.57. The predicted molar refractivity (Wildman–Crippen MR) is 65.4 cm³/mol. The molecule has 0 amide bonds. The lowest BCUT2D eigenvalue weighted by atomic mass is 10.2. The normalized spacial score (nSPS) is 26.0. The Bertz CT molecular complexity index is 485. The van der Waals surface area contributed by atoms with Gasteiger partial charge in [0.15, 0.2) is 0 Å². The van der Waals surface area contributed by atoms with Gasteiger partial charge in [-0.15, -0.1) is 0 Å². The molecule has 2 rings (SSSR count). The molecular weight excluding hydrogens is 256 g/mol. The van der Waals surface area contributed by atoms with Crippen molar-refractivity contribution >= 4 is 10.0 Å². The van der Waals surface area contributed by atoms with Crippen LogP contribution in [0.1, 0.15) is 6.42 Å². The van der Waals surface area contributed by atoms with Crippen molar-refractivity contribution in [3.05, 3.63) is 12.4 Å². The van der Waals surface area contributed by atoms with Gasteiger partial charge in [-0.25, -0.2) is 8.42 Å². The van der Waals surface area contributed by atoms with Crippen molar-refractivity contribution in [3.8, 4) is 0 Å². The minimum Gasteiger partial charge on any atom is -0.392 e. The average Bonchev–Trinajstić information content (AvgIpc) is 2.86. The van der Waals surface area contributed by atoms with E-state index in [4.69, 9.17) is 0 Å². The Morgan fingerprint density at radius 2 is 2.33 bits per heavy atom. The summed E-state index contributed by atoms with van der Waals surface area (Å²) in [5, 5.41) is 15.9. The summed E-state index contributed by atoms with van der Waals surface area (Å²) in [7, 11) is 0.194. The number of aliphatic hydroxyl groups excluding tert-OH is 1. The second-order valence-corrected chi connectivity index (χ2v) is 6.70. The first-order chi connectivity index (χ1) is 8.41. The third-order valence-electron chi connectivity index (χ3n) is 3.00. The maximum absolute atomic E-state index is 12.4. The van der Waals surface area contributed by atoms with E-state index in [-0.39, 0.29) is 17.5 Å². The third kappa shape index (κ3) is 2.56. The number of likely N-dealkylation sites (N-methyl/N-ethyl adjacent to an activating group) is 1. The Morgan fingerprint density at radius 3 is 2.89 bits per heavy atom. The van der Waals surface area contributed by atoms with Gasteiger partial charge in [-0.2, -0.15) is 9.40 Å². The average molecular weight is 274 g/mol. The molecular formula is C10H18N4O3S. The number of nitrogens with zero attached hydrogens (tertiary/aromatic N) is 3. The van der Waals surface area contributed by atoms with E-state index < -0.39 is 16.1 Å². The van der Waals surface area contributed by atoms with Crippen molar-refractivity contribution in [3.63, 3.8) is 0 Å². The molecule has 2 heterocycles. The van der Waals surface area contributed by atoms with E-state index in [0.29, 0.717) is 13.0 Å². The molecule has 7 nitrogen and oxygen atoms in total. The Hall–Kier alpha value is -0.960. The summed E-state index contributed by atoms with van der Waals surface area (Å²) >= 11 is 0. The fourth-order valence-corrected chi connectivity index (χ4v) is 3.83. The molecule has 18 heavy (non-hydrogen) atoms. The quantitative estimate of drug-likeness (QED) is 0.742. The standard InChI is InChI=1S/C10H18N4O3S/c1-13(2)6-8-3-9(15)7-14(8)18(16,17)10-4-11-12-5-10/h4-5,8-9,15H,3,6-7H2,1-2H3,(H,11,12). The van der Waals surface area contributed by atoms with Crippen LogP contribution in [0.25, 0.3) is 0 Å². The largest absolute Gasteiger partial charge is 0.392 e. The van der Waals surface area contributed by atoms with Crippen LogP contribution in [-0.2, 0) is 10.0 Å². The van der Waals surface area contributed by atoms with Crippen LogP contribution in [0.2, 0.25) is 0 Å². The van der Waals surface area contributed by atoms with Crippen LogP contribution < -0.4 is 0 Å². The van der Waals surface area contributed by atoms with Gasteiger partial charge in [-0.1, -0.05) is 0 Å². The summed E-state index contributed by atoms with van der Waals surface area (Å²) in [6.07, 6.45) is 2.51. The van der Waals surface area contributed by atoms with Gasteiger partial charge >= 0.3 is 0 Å². The zero-order chi connectivity index (χ0) is 13.3. The van der Waals surface area contributed by atoms with Crippen LogP contribution >= 0.6 is 0 Å². The number of hydrogen-bond acceptors (Lipinski definition) is 5. The number of aromatic amines is 1. The van der Waals surface area contributed by atoms with Crippen molar-refractivity contribution in [1.29, 1.82) is 0 Å². The van der Waals surface area contributed by atoms with Crippen LogP contribution in [-0.4, -0.2) is 72.3 Å². The molecule has 0 aliphatic carbocycles. The molecule has 0 spiro atoms. The lowest BCUT2D eigenvalue weighted by molar-refractivity contribution is 0.188. The highest BCUT2D eigenvalue weighted by Crippen LogP contribution is 2.26. The van der Waals surface area contributed by atoms with Gasteiger partial charge in [-0.05, 0) is 20.5 Å². The van der Waals surface area contributed by atoms with Crippen LogP contribution in [0.5, 0.6) is 0 Å². The number of H-pyrrole nitrogens is 1. The molecule has 102 valence electrons. The van der Waals surface area contributed by atoms with Crippen LogP contribution in [0.4, 0.5) is 0 Å². The summed E-state index contributed by atoms with van der Waals surface area (Å²) in [5.41, 5.74) is 0. The van der Waals surface area contributed by atoms with Crippen molar-refractivity contribution in [2.24, 2.45) is 0 Å². The monoisotopic (exact) mass is 274 g/mol. The molecule has 1 aromatic heterocycles. The maximum Gasteiger partial charge on any atom is 0.246 e. The van der Waals surface area contributed by atoms with Gasteiger partial charge in [0.2, 0.25) is 10.0 Å². The van der Waals surface area contributed by atoms with Crippen molar-refractivity contribution in [2.75, 3.05) is 27.2 Å². The number of rotatable bonds is 4. The highest BCUT2D eigenvalue weighted by Gasteiger charge is 2.39. The molecule has 2 atom stereocenters. The number of nitrogens with one attached hydrogen (secondary N) is 1. The molecule has 1 saturated heterocycles. The summed E-state index contributed by atoms with van der Waals surface area (Å²) < 4.78 is 26.1. The van der Waals surface area contributed by atoms with Crippen molar-refractivity contribution < 1.29 is 13.5 Å². The summed E-state index contributed by atoms with van der Waals surface area (Å²) in [5.74, 6) is 0. The van der Waals surface area contributed by atoms with Gasteiger partial charge in [-0.3, -0.25) is 5.10 Å². The molecule has 1 fully saturated rings. The van der Waals surface area contributed by atoms with Crippen LogP contribution in [0.3, 0.4) is 0 Å². The van der Waals surface area contributed by atoms with Crippen LogP contribution in [0.15, 0.2) is 17.3 Å². The SMILES string of the molecule is CN(C)CC1CC(O)CN1S(=O)(=O)c1cn[nH]c1. The highest BCUT2D eigenvalue weighted by molar-refractivity contribution is 7.89. The highest BCUT2D eigenvalue weighted by atomic mass is 32.2. The molecule has 0 radical (unpaired) electrons. The smallest absolute Gasteiger partial charge is 0.246 e. The Kier molecular flexibility index (Phi) is 3.71. The van der Waals surface area contributed by atoms with E-state index in [1.807, 2.05) is 19.0 Å². The van der Waals surface area contributed by atoms with Gasteiger partial charge in [0.25, 0.3) is 0 Å². The van der Waals surface area contributed by atoms with Crippen LogP contribution in [0, 0.1) is 0 Å². The lowest BCUT2D eigenvalue weighted by Crippen LogP contribution is -2.41. The number of aromatic nitrogens is 2. The molecule has 1 aliphatic heterocycles. The van der Waals surface area contributed by atoms with Gasteiger partial charge in [0.05, 0.1) is 12.3 Å². The summed E-state index contributed by atoms with van der Waals surface area (Å²) in [6, 6.07) is -0.199. The Labute approximate surface area is 106 Å². The van der Waals surface area contributed by atoms with E-state index in [2.05, 4.69) is 10.2 Å². The first kappa shape index (κ1) is 13.5. The molecule has 2 unspecified atom stereocenters. The Balaban J connectivity index is 2.25. The summed E-state index contributed by atoms with van der Waals surface area (Å²) in [6.45, 7) is 0.736. The molecule has 8 heteroatoms. The first-order valence-corrected chi connectivity index (χ1v) is 7.18. The fraction of sp³-hybridized carbons (Fsp3) is 0.700. The van der Waals surface area contributed by atoms with E-state index in [0.717, 1.165) is 0 Å². The van der Waals surface area contributed by atoms with Gasteiger partial charge < -0.3 is 10.0 Å². The zero-order valence-corrected chi connectivity index (χ0v) is 11.3. The van der Waals surface area contributed by atoms with E-state index in [1.165, 1.54) is 16.7 Å². The Morgan fingerprint density at radius 1 is 1.61 bits per heavy atom. The third-order valence-corrected chi connectivity index (χ3v) is 4.88.